The Morgan fingerprint density at radius 3 is 1.29 bits per heavy atom. The van der Waals surface area contributed by atoms with Crippen molar-refractivity contribution in [2.45, 2.75) is 6.23 Å². The van der Waals surface area contributed by atoms with E-state index in [1.807, 2.05) is 42.5 Å². The molecule has 6 nitrogen and oxygen atoms in total. The Bertz CT molecular complexity index is 3690. The Morgan fingerprint density at radius 2 is 0.758 bits per heavy atom. The third-order valence-electron chi connectivity index (χ3n) is 12.4. The molecular weight excluding hydrogens is 759 g/mol. The smallest absolute Gasteiger partial charge is 0.215 e. The highest BCUT2D eigenvalue weighted by atomic mass is 16.5. The van der Waals surface area contributed by atoms with Crippen molar-refractivity contribution in [1.82, 2.24) is 13.7 Å². The first-order valence-corrected chi connectivity index (χ1v) is 20.9. The van der Waals surface area contributed by atoms with Crippen molar-refractivity contribution in [2.75, 3.05) is 0 Å². The van der Waals surface area contributed by atoms with E-state index in [2.05, 4.69) is 184 Å². The van der Waals surface area contributed by atoms with E-state index in [4.69, 9.17) is 15.9 Å². The van der Waals surface area contributed by atoms with Crippen LogP contribution in [0.2, 0.25) is 0 Å². The van der Waals surface area contributed by atoms with Gasteiger partial charge in [-0.05, 0) is 108 Å². The van der Waals surface area contributed by atoms with E-state index in [-0.39, 0.29) is 5.90 Å². The zero-order valence-electron chi connectivity index (χ0n) is 33.6. The maximum atomic E-state index is 8.40. The number of rotatable bonds is 7. The Balaban J connectivity index is 0.934. The van der Waals surface area contributed by atoms with E-state index in [0.717, 1.165) is 39.2 Å². The number of benzene rings is 9. The van der Waals surface area contributed by atoms with Gasteiger partial charge in [-0.25, -0.2) is 0 Å². The van der Waals surface area contributed by atoms with Gasteiger partial charge in [0.15, 0.2) is 6.23 Å². The van der Waals surface area contributed by atoms with Crippen LogP contribution in [-0.2, 0) is 4.74 Å². The first kappa shape index (κ1) is 35.7. The molecule has 0 amide bonds. The van der Waals surface area contributed by atoms with Crippen LogP contribution < -0.4 is 5.73 Å². The third kappa shape index (κ3) is 5.65. The highest BCUT2D eigenvalue weighted by molar-refractivity contribution is 6.14. The second-order valence-corrected chi connectivity index (χ2v) is 15.9. The van der Waals surface area contributed by atoms with Crippen LogP contribution >= 0.6 is 0 Å². The molecule has 0 saturated carbocycles. The van der Waals surface area contributed by atoms with Gasteiger partial charge in [0.25, 0.3) is 0 Å². The summed E-state index contributed by atoms with van der Waals surface area (Å²) in [6.45, 7) is 0. The number of aromatic nitrogens is 3. The van der Waals surface area contributed by atoms with Crippen molar-refractivity contribution in [2.24, 2.45) is 5.73 Å². The Kier molecular flexibility index (Phi) is 8.20. The lowest BCUT2D eigenvalue weighted by Gasteiger charge is -2.16. The average molecular weight is 798 g/mol. The molecule has 0 saturated heterocycles. The summed E-state index contributed by atoms with van der Waals surface area (Å²) in [4.78, 5) is 0. The summed E-state index contributed by atoms with van der Waals surface area (Å²) in [5, 5.41) is 15.7. The highest BCUT2D eigenvalue weighted by Crippen LogP contribution is 2.40. The first-order chi connectivity index (χ1) is 30.6. The molecule has 0 bridgehead atoms. The summed E-state index contributed by atoms with van der Waals surface area (Å²) in [6.07, 6.45) is -0.763. The normalized spacial score (nSPS) is 12.3. The van der Waals surface area contributed by atoms with Crippen LogP contribution in [-0.4, -0.2) is 19.6 Å². The maximum absolute atomic E-state index is 8.40. The molecule has 3 N–H and O–H groups in total. The fourth-order valence-corrected chi connectivity index (χ4v) is 9.48. The minimum atomic E-state index is -0.763. The second-order valence-electron chi connectivity index (χ2n) is 15.9. The molecule has 1 unspecified atom stereocenters. The molecule has 0 aliphatic carbocycles. The van der Waals surface area contributed by atoms with Crippen molar-refractivity contribution in [3.05, 3.63) is 223 Å². The van der Waals surface area contributed by atoms with Gasteiger partial charge in [-0.1, -0.05) is 115 Å². The molecule has 3 heterocycles. The summed E-state index contributed by atoms with van der Waals surface area (Å²) in [5.41, 5.74) is 20.5. The minimum absolute atomic E-state index is 0.0480. The van der Waals surface area contributed by atoms with Crippen LogP contribution in [0.1, 0.15) is 17.4 Å². The fraction of sp³-hybridized carbons (Fsp3) is 0.0179. The van der Waals surface area contributed by atoms with Gasteiger partial charge >= 0.3 is 0 Å². The van der Waals surface area contributed by atoms with Gasteiger partial charge in [0.1, 0.15) is 0 Å². The van der Waals surface area contributed by atoms with E-state index < -0.39 is 6.23 Å². The van der Waals surface area contributed by atoms with Gasteiger partial charge in [0.05, 0.1) is 33.1 Å². The number of hydrogen-bond donors (Lipinski definition) is 2. The first-order valence-electron chi connectivity index (χ1n) is 20.9. The molecule has 12 aromatic rings. The van der Waals surface area contributed by atoms with Crippen molar-refractivity contribution >= 4 is 71.3 Å². The molecule has 62 heavy (non-hydrogen) atoms. The van der Waals surface area contributed by atoms with Crippen molar-refractivity contribution < 1.29 is 4.74 Å². The number of hydrogen-bond acceptors (Lipinski definition) is 3. The van der Waals surface area contributed by atoms with Crippen LogP contribution in [0.15, 0.2) is 212 Å². The quantitative estimate of drug-likeness (QED) is 0.0957. The van der Waals surface area contributed by atoms with Gasteiger partial charge < -0.3 is 18.4 Å². The van der Waals surface area contributed by atoms with Gasteiger partial charge in [0, 0.05) is 60.5 Å². The lowest BCUT2D eigenvalue weighted by Crippen LogP contribution is -2.19. The number of ether oxygens (including phenoxy) is 1. The van der Waals surface area contributed by atoms with Crippen molar-refractivity contribution in [3.8, 4) is 28.2 Å². The van der Waals surface area contributed by atoms with Crippen LogP contribution in [0.5, 0.6) is 0 Å². The predicted octanol–water partition coefficient (Wildman–Crippen LogP) is 13.6. The topological polar surface area (TPSA) is 73.9 Å². The molecule has 6 heteroatoms. The Hall–Kier alpha value is -8.19. The zero-order valence-corrected chi connectivity index (χ0v) is 33.6. The molecule has 0 fully saturated rings. The van der Waals surface area contributed by atoms with E-state index in [9.17, 15) is 0 Å². The maximum Gasteiger partial charge on any atom is 0.215 e. The van der Waals surface area contributed by atoms with E-state index >= 15 is 0 Å². The van der Waals surface area contributed by atoms with Gasteiger partial charge in [-0.3, -0.25) is 11.1 Å². The molecule has 294 valence electrons. The van der Waals surface area contributed by atoms with Crippen LogP contribution in [0, 0.1) is 5.41 Å². The number of nitrogens with two attached hydrogens (primary N) is 1. The van der Waals surface area contributed by atoms with Crippen LogP contribution in [0.4, 0.5) is 0 Å². The molecule has 9 aromatic carbocycles. The lowest BCUT2D eigenvalue weighted by atomic mass is 10.0. The predicted molar refractivity (Wildman–Crippen MR) is 256 cm³/mol. The van der Waals surface area contributed by atoms with Crippen LogP contribution in [0.3, 0.4) is 0 Å². The molecule has 12 rings (SSSR count). The molecule has 0 aliphatic heterocycles. The zero-order chi connectivity index (χ0) is 41.3. The van der Waals surface area contributed by atoms with Gasteiger partial charge in [0.2, 0.25) is 5.90 Å². The van der Waals surface area contributed by atoms with E-state index in [1.165, 1.54) is 59.9 Å². The SMILES string of the molecule is N=C(OC(N)c1ccc(-n2c3ccccc3c3cc(-c4ccc5c(c4)c4ccccc4n5-c4ccc5c(c4)c4ccccc4n5-c4ccccc4)ccc32)cc1)c1ccccc1. The average Bonchev–Trinajstić information content (AvgIpc) is 3.97. The summed E-state index contributed by atoms with van der Waals surface area (Å²) >= 11 is 0. The summed E-state index contributed by atoms with van der Waals surface area (Å²) in [6, 6.07) is 74.8. The lowest BCUT2D eigenvalue weighted by molar-refractivity contribution is 0.199. The summed E-state index contributed by atoms with van der Waals surface area (Å²) < 4.78 is 12.9. The van der Waals surface area contributed by atoms with Gasteiger partial charge in [-0.15, -0.1) is 0 Å². The molecule has 1 atom stereocenters. The monoisotopic (exact) mass is 797 g/mol. The standard InChI is InChI=1S/C56H39N5O/c57-55(36-13-3-1-4-14-36)62-56(58)37-23-27-41(28-24-37)60-49-20-10-7-17-43(49)46-33-38(25-30-52(46)60)39-26-31-53-47(34-39)44-18-8-12-22-51(44)61(53)42-29-32-54-48(35-42)45-19-9-11-21-50(45)59(54)40-15-5-2-6-16-40/h1-35,56-57H,58H2. The third-order valence-corrected chi connectivity index (χ3v) is 12.4. The minimum Gasteiger partial charge on any atom is -0.454 e. The van der Waals surface area contributed by atoms with E-state index in [1.54, 1.807) is 0 Å². The second kappa shape index (κ2) is 14.2. The molecular formula is C56H39N5O. The highest BCUT2D eigenvalue weighted by Gasteiger charge is 2.19. The number of nitrogens with zero attached hydrogens (tertiary/aromatic N) is 3. The largest absolute Gasteiger partial charge is 0.454 e. The fourth-order valence-electron chi connectivity index (χ4n) is 9.48. The molecule has 0 aliphatic rings. The molecule has 0 spiro atoms. The Labute approximate surface area is 357 Å². The number of nitrogens with one attached hydrogen (secondary N) is 1. The summed E-state index contributed by atoms with van der Waals surface area (Å²) in [7, 11) is 0. The van der Waals surface area contributed by atoms with E-state index in [0.29, 0.717) is 5.56 Å². The van der Waals surface area contributed by atoms with Crippen molar-refractivity contribution in [3.63, 3.8) is 0 Å². The summed E-state index contributed by atoms with van der Waals surface area (Å²) in [5.74, 6) is 0.0480. The van der Waals surface area contributed by atoms with Crippen LogP contribution in [0.25, 0.3) is 93.6 Å². The number of para-hydroxylation sites is 4. The van der Waals surface area contributed by atoms with Crippen molar-refractivity contribution in [1.29, 1.82) is 5.41 Å². The van der Waals surface area contributed by atoms with Gasteiger partial charge in [-0.2, -0.15) is 0 Å². The Morgan fingerprint density at radius 1 is 0.371 bits per heavy atom. The number of fused-ring (bicyclic) bond motifs is 9. The molecule has 3 aromatic heterocycles. The molecule has 0 radical (unpaired) electrons.